The van der Waals surface area contributed by atoms with E-state index in [2.05, 4.69) is 10.6 Å². The second-order valence-electron chi connectivity index (χ2n) is 7.69. The van der Waals surface area contributed by atoms with Gasteiger partial charge < -0.3 is 19.9 Å². The largest absolute Gasteiger partial charge is 0.495 e. The van der Waals surface area contributed by atoms with Gasteiger partial charge in [0, 0.05) is 13.0 Å². The van der Waals surface area contributed by atoms with E-state index < -0.39 is 0 Å². The molecule has 4 rings (SSSR count). The number of hydrogen-bond donors (Lipinski definition) is 2. The van der Waals surface area contributed by atoms with Crippen LogP contribution in [0.15, 0.2) is 72.8 Å². The highest BCUT2D eigenvalue weighted by molar-refractivity contribution is 6.33. The molecular formula is C26H25ClN4O3. The van der Waals surface area contributed by atoms with Crippen molar-refractivity contribution in [2.45, 2.75) is 19.4 Å². The lowest BCUT2D eigenvalue weighted by Crippen LogP contribution is -2.25. The third kappa shape index (κ3) is 5.38. The highest BCUT2D eigenvalue weighted by Gasteiger charge is 2.15. The minimum Gasteiger partial charge on any atom is -0.495 e. The molecule has 2 N–H and O–H groups in total. The van der Waals surface area contributed by atoms with E-state index in [0.717, 1.165) is 16.9 Å². The van der Waals surface area contributed by atoms with Crippen molar-refractivity contribution >= 4 is 40.1 Å². The van der Waals surface area contributed by atoms with E-state index in [9.17, 15) is 9.59 Å². The molecule has 7 nitrogen and oxygen atoms in total. The molecule has 4 aromatic rings. The van der Waals surface area contributed by atoms with Gasteiger partial charge in [0.15, 0.2) is 0 Å². The summed E-state index contributed by atoms with van der Waals surface area (Å²) in [5.74, 6) is 0.986. The number of aryl methyl sites for hydroxylation is 1. The second kappa shape index (κ2) is 10.9. The third-order valence-electron chi connectivity index (χ3n) is 5.40. The maximum Gasteiger partial charge on any atom is 0.252 e. The molecule has 0 aliphatic carbocycles. The maximum atomic E-state index is 12.9. The molecule has 2 amide bonds. The van der Waals surface area contributed by atoms with Crippen molar-refractivity contribution in [2.75, 3.05) is 19.0 Å². The van der Waals surface area contributed by atoms with Crippen molar-refractivity contribution in [1.82, 2.24) is 14.9 Å². The zero-order chi connectivity index (χ0) is 23.9. The molecule has 0 radical (unpaired) electrons. The van der Waals surface area contributed by atoms with Gasteiger partial charge in [0.1, 0.15) is 18.1 Å². The number of hydrogen-bond acceptors (Lipinski definition) is 4. The van der Waals surface area contributed by atoms with Crippen molar-refractivity contribution in [1.29, 1.82) is 0 Å². The average Bonchev–Trinajstić information content (AvgIpc) is 3.19. The van der Waals surface area contributed by atoms with Crippen LogP contribution in [-0.4, -0.2) is 35.0 Å². The van der Waals surface area contributed by atoms with Gasteiger partial charge in [0.05, 0.1) is 34.4 Å². The van der Waals surface area contributed by atoms with Crippen LogP contribution in [0.5, 0.6) is 5.75 Å². The van der Waals surface area contributed by atoms with Gasteiger partial charge in [0.2, 0.25) is 5.91 Å². The fourth-order valence-corrected chi connectivity index (χ4v) is 3.98. The number of carbonyl (C=O) groups excluding carboxylic acids is 2. The molecule has 174 valence electrons. The first-order valence-electron chi connectivity index (χ1n) is 11.0. The average molecular weight is 477 g/mol. The molecule has 0 fully saturated rings. The van der Waals surface area contributed by atoms with Crippen LogP contribution < -0.4 is 15.4 Å². The van der Waals surface area contributed by atoms with Gasteiger partial charge >= 0.3 is 0 Å². The smallest absolute Gasteiger partial charge is 0.252 e. The van der Waals surface area contributed by atoms with Crippen molar-refractivity contribution in [3.8, 4) is 5.75 Å². The number of nitrogens with one attached hydrogen (secondary N) is 2. The van der Waals surface area contributed by atoms with Crippen LogP contribution in [0.1, 0.15) is 22.6 Å². The van der Waals surface area contributed by atoms with E-state index in [0.29, 0.717) is 41.4 Å². The Morgan fingerprint density at radius 1 is 1.00 bits per heavy atom. The van der Waals surface area contributed by atoms with Crippen molar-refractivity contribution in [3.63, 3.8) is 0 Å². The SMILES string of the molecule is COc1ccccc1NC(=O)Cn1c(CCCNC(=O)c2ccccc2Cl)nc2ccccc21. The number of rotatable bonds is 9. The summed E-state index contributed by atoms with van der Waals surface area (Å²) in [6.45, 7) is 0.570. The molecule has 0 saturated carbocycles. The number of methoxy groups -OCH3 is 1. The molecule has 0 bridgehead atoms. The minimum absolute atomic E-state index is 0.111. The van der Waals surface area contributed by atoms with Crippen LogP contribution in [0.4, 0.5) is 5.69 Å². The lowest BCUT2D eigenvalue weighted by Gasteiger charge is -2.12. The summed E-state index contributed by atoms with van der Waals surface area (Å²) in [5.41, 5.74) is 2.77. The standard InChI is InChI=1S/C26H25ClN4O3/c1-34-23-14-7-5-12-21(23)30-25(32)17-31-22-13-6-4-11-20(22)29-24(31)15-8-16-28-26(33)18-9-2-3-10-19(18)27/h2-7,9-14H,8,15-17H2,1H3,(H,28,33)(H,30,32). The summed E-state index contributed by atoms with van der Waals surface area (Å²) in [7, 11) is 1.57. The topological polar surface area (TPSA) is 85.2 Å². The molecule has 3 aromatic carbocycles. The molecule has 0 atom stereocenters. The number of amides is 2. The highest BCUT2D eigenvalue weighted by Crippen LogP contribution is 2.23. The Kier molecular flexibility index (Phi) is 7.44. The first-order valence-corrected chi connectivity index (χ1v) is 11.3. The number of anilines is 1. The second-order valence-corrected chi connectivity index (χ2v) is 8.10. The number of para-hydroxylation sites is 4. The quantitative estimate of drug-likeness (QED) is 0.343. The van der Waals surface area contributed by atoms with Gasteiger partial charge in [-0.3, -0.25) is 9.59 Å². The molecule has 0 unspecified atom stereocenters. The summed E-state index contributed by atoms with van der Waals surface area (Å²) in [6, 6.07) is 21.9. The summed E-state index contributed by atoms with van der Waals surface area (Å²) in [4.78, 5) is 30.0. The van der Waals surface area contributed by atoms with E-state index in [-0.39, 0.29) is 18.4 Å². The Bertz CT molecular complexity index is 1320. The van der Waals surface area contributed by atoms with Crippen LogP contribution in [-0.2, 0) is 17.8 Å². The van der Waals surface area contributed by atoms with Gasteiger partial charge in [-0.2, -0.15) is 0 Å². The van der Waals surface area contributed by atoms with E-state index in [1.807, 2.05) is 41.0 Å². The number of carbonyl (C=O) groups is 2. The Morgan fingerprint density at radius 2 is 1.74 bits per heavy atom. The predicted octanol–water partition coefficient (Wildman–Crippen LogP) is 4.70. The lowest BCUT2D eigenvalue weighted by atomic mass is 10.2. The van der Waals surface area contributed by atoms with Crippen LogP contribution in [0.2, 0.25) is 5.02 Å². The number of ether oxygens (including phenoxy) is 1. The number of benzene rings is 3. The van der Waals surface area contributed by atoms with Gasteiger partial charge in [-0.05, 0) is 42.8 Å². The first kappa shape index (κ1) is 23.3. The normalized spacial score (nSPS) is 10.8. The maximum absolute atomic E-state index is 12.9. The van der Waals surface area contributed by atoms with Crippen molar-refractivity contribution < 1.29 is 14.3 Å². The molecule has 34 heavy (non-hydrogen) atoms. The molecule has 0 aliphatic rings. The van der Waals surface area contributed by atoms with E-state index >= 15 is 0 Å². The Balaban J connectivity index is 1.43. The van der Waals surface area contributed by atoms with Crippen LogP contribution >= 0.6 is 11.6 Å². The number of halogens is 1. The van der Waals surface area contributed by atoms with Gasteiger partial charge in [-0.15, -0.1) is 0 Å². The van der Waals surface area contributed by atoms with E-state index in [4.69, 9.17) is 21.3 Å². The Hall–Kier alpha value is -3.84. The third-order valence-corrected chi connectivity index (χ3v) is 5.73. The number of nitrogens with zero attached hydrogens (tertiary/aromatic N) is 2. The molecule has 0 saturated heterocycles. The fraction of sp³-hybridized carbons (Fsp3) is 0.192. The van der Waals surface area contributed by atoms with Gasteiger partial charge in [-0.25, -0.2) is 4.98 Å². The zero-order valence-electron chi connectivity index (χ0n) is 18.8. The highest BCUT2D eigenvalue weighted by atomic mass is 35.5. The van der Waals surface area contributed by atoms with Crippen molar-refractivity contribution in [2.24, 2.45) is 0 Å². The van der Waals surface area contributed by atoms with Crippen LogP contribution in [0, 0.1) is 0 Å². The summed E-state index contributed by atoms with van der Waals surface area (Å²) in [6.07, 6.45) is 1.26. The zero-order valence-corrected chi connectivity index (χ0v) is 19.5. The first-order chi connectivity index (χ1) is 16.6. The predicted molar refractivity (Wildman–Crippen MR) is 133 cm³/mol. The van der Waals surface area contributed by atoms with Crippen molar-refractivity contribution in [3.05, 3.63) is 89.2 Å². The summed E-state index contributed by atoms with van der Waals surface area (Å²) < 4.78 is 7.24. The monoisotopic (exact) mass is 476 g/mol. The Labute approximate surface area is 202 Å². The van der Waals surface area contributed by atoms with E-state index in [1.54, 1.807) is 43.5 Å². The minimum atomic E-state index is -0.213. The van der Waals surface area contributed by atoms with Crippen LogP contribution in [0.3, 0.4) is 0 Å². The molecule has 1 heterocycles. The van der Waals surface area contributed by atoms with E-state index in [1.165, 1.54) is 0 Å². The Morgan fingerprint density at radius 3 is 2.56 bits per heavy atom. The van der Waals surface area contributed by atoms with Gasteiger partial charge in [-0.1, -0.05) is 48.0 Å². The molecule has 1 aromatic heterocycles. The molecule has 0 aliphatic heterocycles. The lowest BCUT2D eigenvalue weighted by molar-refractivity contribution is -0.116. The van der Waals surface area contributed by atoms with Crippen LogP contribution in [0.25, 0.3) is 11.0 Å². The fourth-order valence-electron chi connectivity index (χ4n) is 3.76. The summed E-state index contributed by atoms with van der Waals surface area (Å²) >= 11 is 6.10. The molecular weight excluding hydrogens is 452 g/mol. The molecule has 8 heteroatoms. The number of fused-ring (bicyclic) bond motifs is 1. The summed E-state index contributed by atoms with van der Waals surface area (Å²) in [5, 5.41) is 6.23. The number of aromatic nitrogens is 2. The van der Waals surface area contributed by atoms with Gasteiger partial charge in [0.25, 0.3) is 5.91 Å². The molecule has 0 spiro atoms. The number of imidazole rings is 1.